The van der Waals surface area contributed by atoms with Gasteiger partial charge in [0.1, 0.15) is 11.6 Å². The highest BCUT2D eigenvalue weighted by atomic mass is 79.9. The molecule has 0 saturated heterocycles. The van der Waals surface area contributed by atoms with Gasteiger partial charge in [0.15, 0.2) is 0 Å². The van der Waals surface area contributed by atoms with Crippen molar-refractivity contribution in [1.82, 2.24) is 0 Å². The third-order valence-corrected chi connectivity index (χ3v) is 3.85. The Morgan fingerprint density at radius 1 is 1.10 bits per heavy atom. The number of anilines is 1. The highest BCUT2D eigenvalue weighted by molar-refractivity contribution is 9.10. The van der Waals surface area contributed by atoms with E-state index in [1.54, 1.807) is 19.1 Å². The predicted molar refractivity (Wildman–Crippen MR) is 82.6 cm³/mol. The van der Waals surface area contributed by atoms with E-state index in [9.17, 15) is 8.78 Å². The summed E-state index contributed by atoms with van der Waals surface area (Å²) in [5, 5.41) is 3.79. The van der Waals surface area contributed by atoms with Crippen LogP contribution in [0.15, 0.2) is 34.8 Å². The van der Waals surface area contributed by atoms with Gasteiger partial charge in [-0.2, -0.15) is 0 Å². The van der Waals surface area contributed by atoms with Crippen LogP contribution in [0.25, 0.3) is 0 Å². The van der Waals surface area contributed by atoms with E-state index in [2.05, 4.69) is 21.2 Å². The molecule has 1 N–H and O–H groups in total. The molecule has 0 aliphatic heterocycles. The van der Waals surface area contributed by atoms with Gasteiger partial charge in [0.05, 0.1) is 21.8 Å². The number of nitrogens with one attached hydrogen (secondary N) is 1. The summed E-state index contributed by atoms with van der Waals surface area (Å²) in [7, 11) is 0. The number of hydrogen-bond acceptors (Lipinski definition) is 1. The molecular formula is C14H10BrCl2F2N. The molecule has 1 nitrogen and oxygen atoms in total. The lowest BCUT2D eigenvalue weighted by Crippen LogP contribution is -2.10. The van der Waals surface area contributed by atoms with E-state index in [0.29, 0.717) is 15.7 Å². The molecule has 2 rings (SSSR count). The second-order valence-corrected chi connectivity index (χ2v) is 6.01. The summed E-state index contributed by atoms with van der Waals surface area (Å²) >= 11 is 15.5. The Morgan fingerprint density at radius 2 is 1.70 bits per heavy atom. The fourth-order valence-electron chi connectivity index (χ4n) is 1.82. The van der Waals surface area contributed by atoms with Gasteiger partial charge < -0.3 is 5.32 Å². The lowest BCUT2D eigenvalue weighted by molar-refractivity contribution is 0.577. The maximum atomic E-state index is 13.7. The summed E-state index contributed by atoms with van der Waals surface area (Å²) < 4.78 is 27.7. The molecule has 0 fully saturated rings. The smallest absolute Gasteiger partial charge is 0.128 e. The van der Waals surface area contributed by atoms with Crippen molar-refractivity contribution >= 4 is 44.8 Å². The van der Waals surface area contributed by atoms with Gasteiger partial charge >= 0.3 is 0 Å². The Hall–Kier alpha value is -0.840. The Balaban J connectivity index is 2.32. The summed E-state index contributed by atoms with van der Waals surface area (Å²) in [6.07, 6.45) is 0. The highest BCUT2D eigenvalue weighted by Crippen LogP contribution is 2.36. The van der Waals surface area contributed by atoms with Crippen molar-refractivity contribution in [1.29, 1.82) is 0 Å². The normalized spacial score (nSPS) is 12.3. The maximum Gasteiger partial charge on any atom is 0.128 e. The molecule has 0 aromatic heterocycles. The van der Waals surface area contributed by atoms with Crippen LogP contribution < -0.4 is 5.32 Å². The molecule has 0 radical (unpaired) electrons. The first-order valence-electron chi connectivity index (χ1n) is 5.74. The van der Waals surface area contributed by atoms with Crippen molar-refractivity contribution in [2.45, 2.75) is 13.0 Å². The van der Waals surface area contributed by atoms with E-state index in [-0.39, 0.29) is 5.56 Å². The molecule has 106 valence electrons. The summed E-state index contributed by atoms with van der Waals surface area (Å²) in [6, 6.07) is 6.17. The molecule has 0 spiro atoms. The largest absolute Gasteiger partial charge is 0.376 e. The Morgan fingerprint density at radius 3 is 2.30 bits per heavy atom. The molecule has 1 atom stereocenters. The van der Waals surface area contributed by atoms with Gasteiger partial charge in [0.25, 0.3) is 0 Å². The van der Waals surface area contributed by atoms with Crippen molar-refractivity contribution in [2.75, 3.05) is 5.32 Å². The van der Waals surface area contributed by atoms with E-state index >= 15 is 0 Å². The number of hydrogen-bond donors (Lipinski definition) is 1. The van der Waals surface area contributed by atoms with Crippen LogP contribution in [-0.2, 0) is 0 Å². The molecule has 6 heteroatoms. The lowest BCUT2D eigenvalue weighted by Gasteiger charge is -2.18. The SMILES string of the molecule is CC(Nc1c(Cl)cc(Br)cc1Cl)c1cc(F)ccc1F. The van der Waals surface area contributed by atoms with Crippen LogP contribution in [0.2, 0.25) is 10.0 Å². The molecule has 1 unspecified atom stereocenters. The van der Waals surface area contributed by atoms with Gasteiger partial charge in [-0.05, 0) is 37.3 Å². The second kappa shape index (κ2) is 6.29. The first-order valence-corrected chi connectivity index (χ1v) is 7.29. The minimum absolute atomic E-state index is 0.208. The number of benzene rings is 2. The Kier molecular flexibility index (Phi) is 4.89. The van der Waals surface area contributed by atoms with E-state index in [1.165, 1.54) is 0 Å². The van der Waals surface area contributed by atoms with Crippen molar-refractivity contribution in [2.24, 2.45) is 0 Å². The van der Waals surface area contributed by atoms with Crippen LogP contribution >= 0.6 is 39.1 Å². The zero-order chi connectivity index (χ0) is 14.9. The third-order valence-electron chi connectivity index (χ3n) is 2.79. The van der Waals surface area contributed by atoms with Crippen molar-refractivity contribution in [3.8, 4) is 0 Å². The molecule has 0 aliphatic rings. The van der Waals surface area contributed by atoms with Gasteiger partial charge in [0.2, 0.25) is 0 Å². The standard InChI is InChI=1S/C14H10BrCl2F2N/c1-7(10-6-9(18)2-3-13(10)19)20-14-11(16)4-8(15)5-12(14)17/h2-7,20H,1H3. The molecule has 0 bridgehead atoms. The van der Waals surface area contributed by atoms with Gasteiger partial charge in [-0.1, -0.05) is 39.1 Å². The Labute approximate surface area is 134 Å². The van der Waals surface area contributed by atoms with E-state index in [4.69, 9.17) is 23.2 Å². The van der Waals surface area contributed by atoms with Crippen LogP contribution in [0.4, 0.5) is 14.5 Å². The Bertz CT molecular complexity index is 626. The quantitative estimate of drug-likeness (QED) is 0.667. The average Bonchev–Trinajstić information content (AvgIpc) is 2.36. The van der Waals surface area contributed by atoms with Gasteiger partial charge in [0, 0.05) is 10.0 Å². The van der Waals surface area contributed by atoms with E-state index in [1.807, 2.05) is 0 Å². The highest BCUT2D eigenvalue weighted by Gasteiger charge is 2.15. The van der Waals surface area contributed by atoms with Gasteiger partial charge in [-0.3, -0.25) is 0 Å². The summed E-state index contributed by atoms with van der Waals surface area (Å²) in [6.45, 7) is 1.70. The predicted octanol–water partition coefficient (Wildman–Crippen LogP) is 6.21. The topological polar surface area (TPSA) is 12.0 Å². The molecule has 2 aromatic rings. The van der Waals surface area contributed by atoms with Crippen molar-refractivity contribution < 1.29 is 8.78 Å². The minimum atomic E-state index is -0.497. The first kappa shape index (κ1) is 15.5. The van der Waals surface area contributed by atoms with Crippen LogP contribution in [0.1, 0.15) is 18.5 Å². The monoisotopic (exact) mass is 379 g/mol. The molecule has 20 heavy (non-hydrogen) atoms. The molecule has 0 heterocycles. The lowest BCUT2D eigenvalue weighted by atomic mass is 10.1. The molecule has 2 aromatic carbocycles. The summed E-state index contributed by atoms with van der Waals surface area (Å²) in [5.74, 6) is -0.987. The average molecular weight is 381 g/mol. The minimum Gasteiger partial charge on any atom is -0.376 e. The maximum absolute atomic E-state index is 13.7. The zero-order valence-electron chi connectivity index (χ0n) is 10.4. The molecular weight excluding hydrogens is 371 g/mol. The van der Waals surface area contributed by atoms with Crippen molar-refractivity contribution in [3.63, 3.8) is 0 Å². The van der Waals surface area contributed by atoms with Crippen LogP contribution in [-0.4, -0.2) is 0 Å². The number of rotatable bonds is 3. The van der Waals surface area contributed by atoms with Gasteiger partial charge in [-0.15, -0.1) is 0 Å². The van der Waals surface area contributed by atoms with E-state index in [0.717, 1.165) is 22.7 Å². The summed E-state index contributed by atoms with van der Waals surface area (Å²) in [4.78, 5) is 0. The van der Waals surface area contributed by atoms with Crippen LogP contribution in [0.5, 0.6) is 0 Å². The van der Waals surface area contributed by atoms with E-state index < -0.39 is 17.7 Å². The molecule has 0 aliphatic carbocycles. The molecule has 0 saturated carbocycles. The fraction of sp³-hybridized carbons (Fsp3) is 0.143. The van der Waals surface area contributed by atoms with Crippen molar-refractivity contribution in [3.05, 3.63) is 62.0 Å². The van der Waals surface area contributed by atoms with Crippen LogP contribution in [0, 0.1) is 11.6 Å². The van der Waals surface area contributed by atoms with Gasteiger partial charge in [-0.25, -0.2) is 8.78 Å². The first-order chi connectivity index (χ1) is 9.38. The second-order valence-electron chi connectivity index (χ2n) is 4.28. The summed E-state index contributed by atoms with van der Waals surface area (Å²) in [5.41, 5.74) is 0.688. The third kappa shape index (κ3) is 3.43. The molecule has 0 amide bonds. The fourth-order valence-corrected chi connectivity index (χ4v) is 3.14. The van der Waals surface area contributed by atoms with Crippen LogP contribution in [0.3, 0.4) is 0 Å². The zero-order valence-corrected chi connectivity index (χ0v) is 13.5. The number of halogens is 5.